The first-order valence-electron chi connectivity index (χ1n) is 5.13. The van der Waals surface area contributed by atoms with Crippen molar-refractivity contribution in [2.45, 2.75) is 32.2 Å². The lowest BCUT2D eigenvalue weighted by molar-refractivity contribution is -0.0769. The molecule has 1 aromatic rings. The van der Waals surface area contributed by atoms with Gasteiger partial charge in [-0.2, -0.15) is 0 Å². The molecule has 0 saturated carbocycles. The van der Waals surface area contributed by atoms with E-state index in [1.807, 2.05) is 6.07 Å². The van der Waals surface area contributed by atoms with Crippen molar-refractivity contribution < 1.29 is 15.3 Å². The molecule has 15 heavy (non-hydrogen) atoms. The predicted molar refractivity (Wildman–Crippen MR) is 58.3 cm³/mol. The lowest BCUT2D eigenvalue weighted by atomic mass is 9.94. The number of benzene rings is 1. The Morgan fingerprint density at radius 1 is 0.867 bits per heavy atom. The zero-order valence-electron chi connectivity index (χ0n) is 9.04. The van der Waals surface area contributed by atoms with Crippen LogP contribution in [0.1, 0.15) is 25.5 Å². The normalized spacial score (nSPS) is 17.5. The molecule has 0 aliphatic rings. The SMILES string of the molecule is CC(C)C(O)C(O)C(O)c1ccccc1. The maximum Gasteiger partial charge on any atom is 0.110 e. The summed E-state index contributed by atoms with van der Waals surface area (Å²) in [5, 5.41) is 29.1. The smallest absolute Gasteiger partial charge is 0.110 e. The lowest BCUT2D eigenvalue weighted by Gasteiger charge is -2.25. The van der Waals surface area contributed by atoms with Gasteiger partial charge < -0.3 is 15.3 Å². The highest BCUT2D eigenvalue weighted by molar-refractivity contribution is 5.18. The van der Waals surface area contributed by atoms with E-state index < -0.39 is 18.3 Å². The van der Waals surface area contributed by atoms with Gasteiger partial charge in [0.25, 0.3) is 0 Å². The maximum absolute atomic E-state index is 9.80. The number of aliphatic hydroxyl groups excluding tert-OH is 3. The Kier molecular flexibility index (Phi) is 4.27. The summed E-state index contributed by atoms with van der Waals surface area (Å²) < 4.78 is 0. The van der Waals surface area contributed by atoms with Gasteiger partial charge in [-0.1, -0.05) is 44.2 Å². The molecule has 1 aromatic carbocycles. The number of aliphatic hydroxyl groups is 3. The minimum absolute atomic E-state index is 0.0848. The van der Waals surface area contributed by atoms with Crippen molar-refractivity contribution in [3.8, 4) is 0 Å². The Bertz CT molecular complexity index is 284. The third-order valence-electron chi connectivity index (χ3n) is 2.50. The molecule has 0 spiro atoms. The lowest BCUT2D eigenvalue weighted by Crippen LogP contribution is -2.35. The van der Waals surface area contributed by atoms with Gasteiger partial charge in [0, 0.05) is 0 Å². The molecule has 3 unspecified atom stereocenters. The van der Waals surface area contributed by atoms with Crippen molar-refractivity contribution in [1.82, 2.24) is 0 Å². The van der Waals surface area contributed by atoms with Crippen LogP contribution in [0.4, 0.5) is 0 Å². The van der Waals surface area contributed by atoms with Crippen LogP contribution in [0.25, 0.3) is 0 Å². The van der Waals surface area contributed by atoms with Gasteiger partial charge in [-0.25, -0.2) is 0 Å². The molecule has 1 rings (SSSR count). The van der Waals surface area contributed by atoms with E-state index in [4.69, 9.17) is 0 Å². The zero-order valence-corrected chi connectivity index (χ0v) is 9.04. The van der Waals surface area contributed by atoms with Gasteiger partial charge in [0.15, 0.2) is 0 Å². The van der Waals surface area contributed by atoms with Crippen molar-refractivity contribution >= 4 is 0 Å². The summed E-state index contributed by atoms with van der Waals surface area (Å²) >= 11 is 0. The second kappa shape index (κ2) is 5.26. The molecular formula is C12H18O3. The van der Waals surface area contributed by atoms with E-state index in [9.17, 15) is 15.3 Å². The van der Waals surface area contributed by atoms with E-state index >= 15 is 0 Å². The van der Waals surface area contributed by atoms with Crippen molar-refractivity contribution in [1.29, 1.82) is 0 Å². The summed E-state index contributed by atoms with van der Waals surface area (Å²) in [5.74, 6) is -0.0848. The minimum Gasteiger partial charge on any atom is -0.390 e. The topological polar surface area (TPSA) is 60.7 Å². The van der Waals surface area contributed by atoms with Crippen molar-refractivity contribution in [2.75, 3.05) is 0 Å². The molecule has 3 heteroatoms. The molecule has 3 N–H and O–H groups in total. The molecular weight excluding hydrogens is 192 g/mol. The maximum atomic E-state index is 9.80. The third kappa shape index (κ3) is 3.02. The predicted octanol–water partition coefficient (Wildman–Crippen LogP) is 1.10. The van der Waals surface area contributed by atoms with Crippen LogP contribution < -0.4 is 0 Å². The highest BCUT2D eigenvalue weighted by atomic mass is 16.4. The van der Waals surface area contributed by atoms with E-state index in [-0.39, 0.29) is 5.92 Å². The Morgan fingerprint density at radius 3 is 1.87 bits per heavy atom. The number of hydrogen-bond acceptors (Lipinski definition) is 3. The molecule has 0 aromatic heterocycles. The molecule has 84 valence electrons. The van der Waals surface area contributed by atoms with Crippen LogP contribution >= 0.6 is 0 Å². The summed E-state index contributed by atoms with van der Waals surface area (Å²) in [6.45, 7) is 3.59. The average molecular weight is 210 g/mol. The van der Waals surface area contributed by atoms with Gasteiger partial charge in [-0.05, 0) is 11.5 Å². The summed E-state index contributed by atoms with van der Waals surface area (Å²) in [6.07, 6.45) is -3.10. The second-order valence-corrected chi connectivity index (χ2v) is 4.08. The van der Waals surface area contributed by atoms with Crippen LogP contribution in [-0.4, -0.2) is 27.5 Å². The third-order valence-corrected chi connectivity index (χ3v) is 2.50. The average Bonchev–Trinajstić information content (AvgIpc) is 2.27. The van der Waals surface area contributed by atoms with Crippen LogP contribution in [0.3, 0.4) is 0 Å². The summed E-state index contributed by atoms with van der Waals surface area (Å²) in [5.41, 5.74) is 0.615. The van der Waals surface area contributed by atoms with Crippen molar-refractivity contribution in [3.05, 3.63) is 35.9 Å². The molecule has 3 nitrogen and oxygen atoms in total. The quantitative estimate of drug-likeness (QED) is 0.697. The summed E-state index contributed by atoms with van der Waals surface area (Å²) in [4.78, 5) is 0. The van der Waals surface area contributed by atoms with Crippen molar-refractivity contribution in [3.63, 3.8) is 0 Å². The van der Waals surface area contributed by atoms with Gasteiger partial charge in [-0.15, -0.1) is 0 Å². The molecule has 0 bridgehead atoms. The van der Waals surface area contributed by atoms with Gasteiger partial charge >= 0.3 is 0 Å². The minimum atomic E-state index is -1.15. The Hall–Kier alpha value is -0.900. The van der Waals surface area contributed by atoms with E-state index in [0.717, 1.165) is 0 Å². The summed E-state index contributed by atoms with van der Waals surface area (Å²) in [7, 11) is 0. The van der Waals surface area contributed by atoms with Gasteiger partial charge in [0.05, 0.1) is 6.10 Å². The Labute approximate surface area is 90.0 Å². The van der Waals surface area contributed by atoms with Gasteiger partial charge in [0.2, 0.25) is 0 Å². The fourth-order valence-electron chi connectivity index (χ4n) is 1.43. The fourth-order valence-corrected chi connectivity index (χ4v) is 1.43. The highest BCUT2D eigenvalue weighted by Crippen LogP contribution is 2.21. The molecule has 0 fully saturated rings. The van der Waals surface area contributed by atoms with Crippen LogP contribution in [0, 0.1) is 5.92 Å². The largest absolute Gasteiger partial charge is 0.390 e. The molecule has 0 saturated heterocycles. The van der Waals surface area contributed by atoms with Crippen LogP contribution in [-0.2, 0) is 0 Å². The van der Waals surface area contributed by atoms with E-state index in [0.29, 0.717) is 5.56 Å². The zero-order chi connectivity index (χ0) is 11.4. The van der Waals surface area contributed by atoms with Crippen LogP contribution in [0.2, 0.25) is 0 Å². The van der Waals surface area contributed by atoms with Crippen LogP contribution in [0.15, 0.2) is 30.3 Å². The van der Waals surface area contributed by atoms with Gasteiger partial charge in [-0.3, -0.25) is 0 Å². The van der Waals surface area contributed by atoms with Crippen LogP contribution in [0.5, 0.6) is 0 Å². The van der Waals surface area contributed by atoms with E-state index in [1.54, 1.807) is 38.1 Å². The molecule has 0 aliphatic heterocycles. The molecule has 0 amide bonds. The monoisotopic (exact) mass is 210 g/mol. The number of hydrogen-bond donors (Lipinski definition) is 3. The second-order valence-electron chi connectivity index (χ2n) is 4.08. The molecule has 0 radical (unpaired) electrons. The van der Waals surface area contributed by atoms with Crippen molar-refractivity contribution in [2.24, 2.45) is 5.92 Å². The molecule has 3 atom stereocenters. The Morgan fingerprint density at radius 2 is 1.40 bits per heavy atom. The summed E-state index contributed by atoms with van der Waals surface area (Å²) in [6, 6.07) is 8.85. The molecule has 0 aliphatic carbocycles. The number of rotatable bonds is 4. The fraction of sp³-hybridized carbons (Fsp3) is 0.500. The first-order valence-corrected chi connectivity index (χ1v) is 5.13. The van der Waals surface area contributed by atoms with E-state index in [1.165, 1.54) is 0 Å². The molecule has 0 heterocycles. The van der Waals surface area contributed by atoms with E-state index in [2.05, 4.69) is 0 Å². The standard InChI is InChI=1S/C12H18O3/c1-8(2)10(13)12(15)11(14)9-6-4-3-5-7-9/h3-8,10-15H,1-2H3. The van der Waals surface area contributed by atoms with Gasteiger partial charge in [0.1, 0.15) is 12.2 Å². The first kappa shape index (κ1) is 12.2. The first-order chi connectivity index (χ1) is 7.04. The highest BCUT2D eigenvalue weighted by Gasteiger charge is 2.27. The Balaban J connectivity index is 2.73.